The average Bonchev–Trinajstić information content (AvgIpc) is 3.01. The van der Waals surface area contributed by atoms with Gasteiger partial charge in [0.2, 0.25) is 0 Å². The number of amides is 1. The third kappa shape index (κ3) is 3.92. The van der Waals surface area contributed by atoms with E-state index in [-0.39, 0.29) is 11.9 Å². The van der Waals surface area contributed by atoms with Crippen LogP contribution < -0.4 is 16.4 Å². The van der Waals surface area contributed by atoms with E-state index in [4.69, 9.17) is 10.7 Å². The molecule has 4 heterocycles. The molecule has 1 atom stereocenters. The Morgan fingerprint density at radius 1 is 1.06 bits per heavy atom. The third-order valence-corrected chi connectivity index (χ3v) is 5.81. The van der Waals surface area contributed by atoms with Crippen LogP contribution in [0.3, 0.4) is 0 Å². The second-order valence-corrected chi connectivity index (χ2v) is 7.95. The summed E-state index contributed by atoms with van der Waals surface area (Å²) in [6.07, 6.45) is 9.87. The Hall–Kier alpha value is -3.78. The smallest absolute Gasteiger partial charge is 0.256 e. The van der Waals surface area contributed by atoms with Crippen molar-refractivity contribution in [2.24, 2.45) is 0 Å². The lowest BCUT2D eigenvalue weighted by Crippen LogP contribution is -2.22. The summed E-state index contributed by atoms with van der Waals surface area (Å²) in [5.74, 6) is 1.69. The topological polar surface area (TPSA) is 110 Å². The van der Waals surface area contributed by atoms with Gasteiger partial charge in [0.25, 0.3) is 5.91 Å². The molecule has 0 spiro atoms. The van der Waals surface area contributed by atoms with Crippen LogP contribution in [0.15, 0.2) is 61.1 Å². The molecule has 0 aliphatic carbocycles. The van der Waals surface area contributed by atoms with Crippen LogP contribution in [-0.4, -0.2) is 31.8 Å². The lowest BCUT2D eigenvalue weighted by molar-refractivity contribution is 0.102. The highest BCUT2D eigenvalue weighted by Gasteiger charge is 2.23. The second kappa shape index (κ2) is 8.76. The largest absolute Gasteiger partial charge is 0.382 e. The molecular formula is C24H25N7O. The molecule has 1 unspecified atom stereocenters. The van der Waals surface area contributed by atoms with Crippen molar-refractivity contribution in [1.29, 1.82) is 0 Å². The SMILES string of the molecule is Nc1nccn2c(C3CCCCCN3)nc(-c3ccc(C(=O)Nc4ccccn4)cc3)c12. The number of hydrogen-bond acceptors (Lipinski definition) is 6. The summed E-state index contributed by atoms with van der Waals surface area (Å²) in [7, 11) is 0. The number of rotatable bonds is 4. The zero-order valence-corrected chi connectivity index (χ0v) is 17.7. The van der Waals surface area contributed by atoms with Gasteiger partial charge in [0.05, 0.1) is 6.04 Å². The van der Waals surface area contributed by atoms with Gasteiger partial charge in [0, 0.05) is 29.7 Å². The maximum atomic E-state index is 12.6. The number of aromatic nitrogens is 4. The number of hydrogen-bond donors (Lipinski definition) is 3. The van der Waals surface area contributed by atoms with Crippen LogP contribution in [0.5, 0.6) is 0 Å². The lowest BCUT2D eigenvalue weighted by Gasteiger charge is -2.14. The zero-order valence-electron chi connectivity index (χ0n) is 17.7. The van der Waals surface area contributed by atoms with Gasteiger partial charge in [-0.3, -0.25) is 9.20 Å². The standard InChI is InChI=1S/C24H25N7O/c25-22-21-20(30-23(31(21)15-14-28-22)18-6-2-1-4-12-26-18)16-8-10-17(11-9-16)24(32)29-19-7-3-5-13-27-19/h3,5,7-11,13-15,18,26H,1-2,4,6,12H2,(H2,25,28)(H,27,29,32). The van der Waals surface area contributed by atoms with Crippen molar-refractivity contribution >= 4 is 23.1 Å². The fourth-order valence-corrected chi connectivity index (χ4v) is 4.19. The summed E-state index contributed by atoms with van der Waals surface area (Å²) in [6, 6.07) is 12.9. The predicted octanol–water partition coefficient (Wildman–Crippen LogP) is 3.83. The van der Waals surface area contributed by atoms with Crippen molar-refractivity contribution in [1.82, 2.24) is 24.7 Å². The van der Waals surface area contributed by atoms with Crippen LogP contribution in [0.2, 0.25) is 0 Å². The highest BCUT2D eigenvalue weighted by Crippen LogP contribution is 2.32. The first kappa shape index (κ1) is 20.1. The van der Waals surface area contributed by atoms with Gasteiger partial charge in [-0.25, -0.2) is 15.0 Å². The number of carbonyl (C=O) groups excluding carboxylic acids is 1. The minimum Gasteiger partial charge on any atom is -0.382 e. The summed E-state index contributed by atoms with van der Waals surface area (Å²) >= 11 is 0. The Balaban J connectivity index is 1.48. The quantitative estimate of drug-likeness (QED) is 0.457. The normalized spacial score (nSPS) is 16.6. The molecule has 1 aromatic carbocycles. The molecule has 1 amide bonds. The van der Waals surface area contributed by atoms with E-state index < -0.39 is 0 Å². The van der Waals surface area contributed by atoms with Gasteiger partial charge in [-0.05, 0) is 43.7 Å². The highest BCUT2D eigenvalue weighted by molar-refractivity contribution is 6.04. The molecule has 5 rings (SSSR count). The molecule has 1 saturated heterocycles. The van der Waals surface area contributed by atoms with E-state index in [1.165, 1.54) is 19.3 Å². The molecule has 1 aliphatic rings. The number of imidazole rings is 1. The first-order chi connectivity index (χ1) is 15.7. The Bertz CT molecular complexity index is 1230. The van der Waals surface area contributed by atoms with Crippen LogP contribution in [0, 0.1) is 0 Å². The van der Waals surface area contributed by atoms with Crippen molar-refractivity contribution in [3.8, 4) is 11.3 Å². The molecule has 4 N–H and O–H groups in total. The minimum atomic E-state index is -0.213. The van der Waals surface area contributed by atoms with Crippen LogP contribution in [0.25, 0.3) is 16.8 Å². The van der Waals surface area contributed by atoms with E-state index in [1.54, 1.807) is 36.7 Å². The molecule has 0 bridgehead atoms. The monoisotopic (exact) mass is 427 g/mol. The van der Waals surface area contributed by atoms with E-state index in [2.05, 4.69) is 20.6 Å². The Labute approximate surface area is 185 Å². The van der Waals surface area contributed by atoms with Crippen molar-refractivity contribution < 1.29 is 4.79 Å². The number of nitrogens with zero attached hydrogens (tertiary/aromatic N) is 4. The Morgan fingerprint density at radius 2 is 1.94 bits per heavy atom. The summed E-state index contributed by atoms with van der Waals surface area (Å²) in [6.45, 7) is 0.982. The molecule has 1 aliphatic heterocycles. The number of benzene rings is 1. The minimum absolute atomic E-state index is 0.170. The number of nitrogens with one attached hydrogen (secondary N) is 2. The van der Waals surface area contributed by atoms with E-state index in [9.17, 15) is 4.79 Å². The number of carbonyl (C=O) groups is 1. The van der Waals surface area contributed by atoms with Crippen LogP contribution in [-0.2, 0) is 0 Å². The maximum Gasteiger partial charge on any atom is 0.256 e. The Kier molecular flexibility index (Phi) is 5.51. The second-order valence-electron chi connectivity index (χ2n) is 7.95. The molecule has 4 aromatic rings. The van der Waals surface area contributed by atoms with Crippen molar-refractivity contribution in [3.05, 3.63) is 72.4 Å². The Morgan fingerprint density at radius 3 is 2.75 bits per heavy atom. The molecule has 162 valence electrons. The number of pyridine rings is 1. The fraction of sp³-hybridized carbons (Fsp3) is 0.250. The van der Waals surface area contributed by atoms with Crippen LogP contribution in [0.1, 0.15) is 47.9 Å². The molecule has 0 radical (unpaired) electrons. The first-order valence-electron chi connectivity index (χ1n) is 10.9. The van der Waals surface area contributed by atoms with Crippen molar-refractivity contribution in [2.75, 3.05) is 17.6 Å². The molecule has 32 heavy (non-hydrogen) atoms. The number of fused-ring (bicyclic) bond motifs is 1. The highest BCUT2D eigenvalue weighted by atomic mass is 16.1. The van der Waals surface area contributed by atoms with Crippen LogP contribution >= 0.6 is 0 Å². The average molecular weight is 428 g/mol. The first-order valence-corrected chi connectivity index (χ1v) is 10.9. The molecule has 0 saturated carbocycles. The fourth-order valence-electron chi connectivity index (χ4n) is 4.19. The summed E-state index contributed by atoms with van der Waals surface area (Å²) < 4.78 is 2.04. The maximum absolute atomic E-state index is 12.6. The van der Waals surface area contributed by atoms with Gasteiger partial charge in [-0.1, -0.05) is 31.0 Å². The summed E-state index contributed by atoms with van der Waals surface area (Å²) in [5, 5.41) is 6.42. The van der Waals surface area contributed by atoms with E-state index >= 15 is 0 Å². The van der Waals surface area contributed by atoms with E-state index in [0.717, 1.165) is 35.6 Å². The van der Waals surface area contributed by atoms with Gasteiger partial charge < -0.3 is 16.4 Å². The zero-order chi connectivity index (χ0) is 21.9. The van der Waals surface area contributed by atoms with Crippen molar-refractivity contribution in [2.45, 2.75) is 31.7 Å². The number of nitrogen functional groups attached to an aromatic ring is 1. The lowest BCUT2D eigenvalue weighted by atomic mass is 10.1. The van der Waals surface area contributed by atoms with Gasteiger partial charge in [-0.15, -0.1) is 0 Å². The molecule has 8 nitrogen and oxygen atoms in total. The van der Waals surface area contributed by atoms with Gasteiger partial charge in [0.15, 0.2) is 0 Å². The van der Waals surface area contributed by atoms with Crippen LogP contribution in [0.4, 0.5) is 11.6 Å². The van der Waals surface area contributed by atoms with Gasteiger partial charge >= 0.3 is 0 Å². The number of nitrogens with two attached hydrogens (primary N) is 1. The molecule has 8 heteroatoms. The summed E-state index contributed by atoms with van der Waals surface area (Å²) in [5.41, 5.74) is 9.26. The molecule has 1 fully saturated rings. The van der Waals surface area contributed by atoms with E-state index in [0.29, 0.717) is 17.2 Å². The molecule has 3 aromatic heterocycles. The van der Waals surface area contributed by atoms with Gasteiger partial charge in [0.1, 0.15) is 28.7 Å². The van der Waals surface area contributed by atoms with Gasteiger partial charge in [-0.2, -0.15) is 0 Å². The predicted molar refractivity (Wildman–Crippen MR) is 124 cm³/mol. The van der Waals surface area contributed by atoms with E-state index in [1.807, 2.05) is 28.8 Å². The third-order valence-electron chi connectivity index (χ3n) is 5.81. The number of anilines is 2. The van der Waals surface area contributed by atoms with Crippen molar-refractivity contribution in [3.63, 3.8) is 0 Å². The molecular weight excluding hydrogens is 402 g/mol. The summed E-state index contributed by atoms with van der Waals surface area (Å²) in [4.78, 5) is 26.0.